The summed E-state index contributed by atoms with van der Waals surface area (Å²) in [5.41, 5.74) is 0.206. The number of nitrogens with one attached hydrogen (secondary N) is 1. The molecule has 2 aromatic heterocycles. The van der Waals surface area contributed by atoms with Crippen LogP contribution in [0.2, 0.25) is 0 Å². The van der Waals surface area contributed by atoms with Gasteiger partial charge in [-0.2, -0.15) is 0 Å². The van der Waals surface area contributed by atoms with Crippen molar-refractivity contribution in [2.75, 3.05) is 12.4 Å². The number of carbonyl (C=O) groups excluding carboxylic acids is 1. The second-order valence-corrected chi connectivity index (χ2v) is 7.64. The van der Waals surface area contributed by atoms with Crippen LogP contribution in [0.25, 0.3) is 11.0 Å². The fraction of sp³-hybridized carbons (Fsp3) is 0.333. The molecular weight excluding hydrogens is 466 g/mol. The van der Waals surface area contributed by atoms with Gasteiger partial charge in [0, 0.05) is 32.2 Å². The molecule has 1 saturated heterocycles. The minimum atomic E-state index is -1.29. The zero-order chi connectivity index (χ0) is 25.1. The number of fused-ring (bicyclic) bond motifs is 1. The maximum absolute atomic E-state index is 12.6. The minimum Gasteiger partial charge on any atom is -0.479 e. The van der Waals surface area contributed by atoms with Gasteiger partial charge in [0.1, 0.15) is 18.8 Å². The number of carboxylic acid groups (broad SMARTS) is 1. The van der Waals surface area contributed by atoms with Crippen LogP contribution in [0.1, 0.15) is 18.4 Å². The van der Waals surface area contributed by atoms with E-state index in [0.29, 0.717) is 22.4 Å². The van der Waals surface area contributed by atoms with E-state index in [2.05, 4.69) is 15.3 Å². The minimum absolute atomic E-state index is 0.0516. The van der Waals surface area contributed by atoms with Crippen molar-refractivity contribution in [2.24, 2.45) is 0 Å². The Morgan fingerprint density at radius 2 is 2.11 bits per heavy atom. The smallest absolute Gasteiger partial charge is 0.420 e. The number of aliphatic carboxylic acids is 1. The molecule has 3 atom stereocenters. The molecule has 0 bridgehead atoms. The molecule has 3 unspecified atom stereocenters. The normalized spacial score (nSPS) is 19.8. The summed E-state index contributed by atoms with van der Waals surface area (Å²) in [6.07, 6.45) is -1.60. The summed E-state index contributed by atoms with van der Waals surface area (Å²) in [4.78, 5) is 42.8. The molecule has 1 aliphatic rings. The molecule has 4 rings (SSSR count). The molecule has 14 heteroatoms. The number of hydrogen-bond donors (Lipinski definition) is 3. The lowest BCUT2D eigenvalue weighted by Gasteiger charge is -2.30. The van der Waals surface area contributed by atoms with Crippen molar-refractivity contribution >= 4 is 34.6 Å². The first-order chi connectivity index (χ1) is 16.8. The van der Waals surface area contributed by atoms with E-state index in [4.69, 9.17) is 19.3 Å². The van der Waals surface area contributed by atoms with Crippen LogP contribution < -0.4 is 10.1 Å². The highest BCUT2D eigenvalue weighted by Crippen LogP contribution is 2.32. The van der Waals surface area contributed by atoms with Gasteiger partial charge in [0.05, 0.1) is 16.4 Å². The standard InChI is InChI=1S/C21H21N5O9/c1-22-18-13-4-5-25(19(13)24-10-23-18)21(30)33-9-11-2-3-15(14(6-11)26(31)32)34-17-8-12(27)7-16(35-17)20(28)29/h2-6,10,12,16-17,27H,7-9H2,1H3,(H,28,29)(H,22,23,24). The number of carboxylic acids is 1. The highest BCUT2D eigenvalue weighted by atomic mass is 16.7. The van der Waals surface area contributed by atoms with Crippen molar-refractivity contribution in [1.82, 2.24) is 14.5 Å². The summed E-state index contributed by atoms with van der Waals surface area (Å²) in [7, 11) is 1.69. The molecule has 184 valence electrons. The fourth-order valence-electron chi connectivity index (χ4n) is 3.64. The van der Waals surface area contributed by atoms with E-state index in [1.165, 1.54) is 35.3 Å². The first-order valence-corrected chi connectivity index (χ1v) is 10.4. The topological polar surface area (TPSA) is 188 Å². The zero-order valence-corrected chi connectivity index (χ0v) is 18.4. The van der Waals surface area contributed by atoms with E-state index in [9.17, 15) is 24.8 Å². The summed E-state index contributed by atoms with van der Waals surface area (Å²) in [5, 5.41) is 34.1. The summed E-state index contributed by atoms with van der Waals surface area (Å²) in [5.74, 6) is -0.911. The Balaban J connectivity index is 1.47. The van der Waals surface area contributed by atoms with Crippen LogP contribution in [0.4, 0.5) is 16.3 Å². The number of benzene rings is 1. The number of aliphatic hydroxyl groups excluding tert-OH is 1. The molecular formula is C21H21N5O9. The van der Waals surface area contributed by atoms with Crippen LogP contribution in [-0.2, 0) is 20.9 Å². The van der Waals surface area contributed by atoms with Gasteiger partial charge in [-0.05, 0) is 17.7 Å². The molecule has 1 aromatic carbocycles. The van der Waals surface area contributed by atoms with Crippen molar-refractivity contribution in [3.63, 3.8) is 0 Å². The molecule has 3 heterocycles. The van der Waals surface area contributed by atoms with Crippen molar-refractivity contribution in [3.05, 3.63) is 52.5 Å². The first-order valence-electron chi connectivity index (χ1n) is 10.4. The van der Waals surface area contributed by atoms with Crippen molar-refractivity contribution in [1.29, 1.82) is 0 Å². The third-order valence-corrected chi connectivity index (χ3v) is 5.30. The lowest BCUT2D eigenvalue weighted by molar-refractivity contribution is -0.386. The Morgan fingerprint density at radius 1 is 1.31 bits per heavy atom. The van der Waals surface area contributed by atoms with Crippen LogP contribution in [0, 0.1) is 10.1 Å². The van der Waals surface area contributed by atoms with Gasteiger partial charge in [0.25, 0.3) is 0 Å². The Hall–Kier alpha value is -4.30. The van der Waals surface area contributed by atoms with Crippen LogP contribution in [-0.4, -0.2) is 67.3 Å². The number of ether oxygens (including phenoxy) is 3. The predicted molar refractivity (Wildman–Crippen MR) is 118 cm³/mol. The van der Waals surface area contributed by atoms with Crippen LogP contribution in [0.3, 0.4) is 0 Å². The average Bonchev–Trinajstić information content (AvgIpc) is 3.27. The number of carbonyl (C=O) groups is 2. The van der Waals surface area contributed by atoms with Crippen molar-refractivity contribution in [2.45, 2.75) is 37.9 Å². The fourth-order valence-corrected chi connectivity index (χ4v) is 3.64. The summed E-state index contributed by atoms with van der Waals surface area (Å²) in [6, 6.07) is 5.57. The predicted octanol–water partition coefficient (Wildman–Crippen LogP) is 1.90. The molecule has 3 N–H and O–H groups in total. The van der Waals surface area contributed by atoms with Crippen molar-refractivity contribution < 1.29 is 38.9 Å². The van der Waals surface area contributed by atoms with Gasteiger partial charge in [-0.15, -0.1) is 0 Å². The largest absolute Gasteiger partial charge is 0.479 e. The maximum atomic E-state index is 12.6. The van der Waals surface area contributed by atoms with E-state index < -0.39 is 41.2 Å². The Kier molecular flexibility index (Phi) is 6.75. The molecule has 0 amide bonds. The molecule has 0 spiro atoms. The molecule has 0 saturated carbocycles. The number of hydrogen-bond acceptors (Lipinski definition) is 11. The van der Waals surface area contributed by atoms with Gasteiger partial charge < -0.3 is 29.7 Å². The lowest BCUT2D eigenvalue weighted by Crippen LogP contribution is -2.42. The third kappa shape index (κ3) is 5.12. The molecule has 14 nitrogen and oxygen atoms in total. The molecule has 1 fully saturated rings. The van der Waals surface area contributed by atoms with E-state index >= 15 is 0 Å². The molecule has 0 aliphatic carbocycles. The second-order valence-electron chi connectivity index (χ2n) is 7.64. The number of aliphatic hydroxyl groups is 1. The zero-order valence-electron chi connectivity index (χ0n) is 18.4. The van der Waals surface area contributed by atoms with Crippen LogP contribution >= 0.6 is 0 Å². The average molecular weight is 487 g/mol. The van der Waals surface area contributed by atoms with Crippen LogP contribution in [0.15, 0.2) is 36.8 Å². The van der Waals surface area contributed by atoms with Gasteiger partial charge >= 0.3 is 17.7 Å². The third-order valence-electron chi connectivity index (χ3n) is 5.30. The SMILES string of the molecule is CNc1ncnc2c1ccn2C(=O)OCc1ccc(OC2CC(O)CC(C(=O)O)O2)c([N+](=O)[O-])c1. The quantitative estimate of drug-likeness (QED) is 0.325. The van der Waals surface area contributed by atoms with Gasteiger partial charge in [-0.25, -0.2) is 24.1 Å². The summed E-state index contributed by atoms with van der Waals surface area (Å²) in [6.45, 7) is -0.274. The van der Waals surface area contributed by atoms with Gasteiger partial charge in [-0.3, -0.25) is 10.1 Å². The van der Waals surface area contributed by atoms with E-state index in [-0.39, 0.29) is 25.2 Å². The summed E-state index contributed by atoms with van der Waals surface area (Å²) < 4.78 is 17.2. The van der Waals surface area contributed by atoms with Gasteiger partial charge in [0.2, 0.25) is 6.29 Å². The molecule has 1 aliphatic heterocycles. The van der Waals surface area contributed by atoms with E-state index in [1.807, 2.05) is 0 Å². The van der Waals surface area contributed by atoms with Crippen molar-refractivity contribution in [3.8, 4) is 5.75 Å². The van der Waals surface area contributed by atoms with E-state index in [0.717, 1.165) is 0 Å². The Bertz CT molecular complexity index is 1280. The maximum Gasteiger partial charge on any atom is 0.420 e. The van der Waals surface area contributed by atoms with Gasteiger partial charge in [0.15, 0.2) is 17.5 Å². The summed E-state index contributed by atoms with van der Waals surface area (Å²) >= 11 is 0. The first kappa shape index (κ1) is 23.8. The number of aromatic nitrogens is 3. The lowest BCUT2D eigenvalue weighted by atomic mass is 10.1. The molecule has 35 heavy (non-hydrogen) atoms. The van der Waals surface area contributed by atoms with E-state index in [1.54, 1.807) is 13.1 Å². The van der Waals surface area contributed by atoms with Gasteiger partial charge in [-0.1, -0.05) is 6.07 Å². The molecule has 3 aromatic rings. The number of nitrogens with zero attached hydrogens (tertiary/aromatic N) is 4. The number of nitro groups is 1. The number of rotatable bonds is 7. The molecule has 0 radical (unpaired) electrons. The second kappa shape index (κ2) is 9.90. The van der Waals surface area contributed by atoms with Crippen LogP contribution in [0.5, 0.6) is 5.75 Å². The monoisotopic (exact) mass is 487 g/mol. The highest BCUT2D eigenvalue weighted by Gasteiger charge is 2.35. The number of anilines is 1. The Morgan fingerprint density at radius 3 is 2.83 bits per heavy atom. The number of nitro benzene ring substituents is 1. The Labute approximate surface area is 197 Å². The highest BCUT2D eigenvalue weighted by molar-refractivity contribution is 5.93.